The molecule has 1 saturated carbocycles. The van der Waals surface area contributed by atoms with E-state index < -0.39 is 24.1 Å². The fourth-order valence-corrected chi connectivity index (χ4v) is 5.96. The number of rotatable bonds is 12. The summed E-state index contributed by atoms with van der Waals surface area (Å²) in [6, 6.07) is 5.73. The molecule has 5 unspecified atom stereocenters. The predicted octanol–water partition coefficient (Wildman–Crippen LogP) is 7.66. The lowest BCUT2D eigenvalue weighted by atomic mass is 9.87. The van der Waals surface area contributed by atoms with Gasteiger partial charge in [-0.1, -0.05) is 45.5 Å². The van der Waals surface area contributed by atoms with Crippen molar-refractivity contribution < 1.29 is 28.5 Å². The van der Waals surface area contributed by atoms with E-state index in [1.807, 2.05) is 32.0 Å². The average Bonchev–Trinajstić information content (AvgIpc) is 3.40. The van der Waals surface area contributed by atoms with Crippen molar-refractivity contribution in [3.8, 4) is 11.5 Å². The van der Waals surface area contributed by atoms with Gasteiger partial charge in [-0.3, -0.25) is 0 Å². The number of fused-ring (bicyclic) bond motifs is 6. The number of carbonyl (C=O) groups excluding carboxylic acids is 2. The van der Waals surface area contributed by atoms with Crippen LogP contribution in [-0.2, 0) is 19.1 Å². The zero-order valence-corrected chi connectivity index (χ0v) is 24.4. The van der Waals surface area contributed by atoms with Crippen molar-refractivity contribution in [3.05, 3.63) is 58.7 Å². The Hall–Kier alpha value is -2.99. The van der Waals surface area contributed by atoms with Gasteiger partial charge in [0.25, 0.3) is 0 Å². The first-order chi connectivity index (χ1) is 18.6. The molecule has 0 N–H and O–H groups in total. The van der Waals surface area contributed by atoms with Crippen LogP contribution in [-0.4, -0.2) is 37.4 Å². The van der Waals surface area contributed by atoms with Crippen molar-refractivity contribution in [2.24, 2.45) is 5.92 Å². The van der Waals surface area contributed by atoms with Crippen molar-refractivity contribution in [1.82, 2.24) is 0 Å². The van der Waals surface area contributed by atoms with E-state index in [0.717, 1.165) is 40.7 Å². The summed E-state index contributed by atoms with van der Waals surface area (Å²) in [5, 5.41) is 2.36. The van der Waals surface area contributed by atoms with Gasteiger partial charge in [-0.05, 0) is 75.5 Å². The molecule has 0 spiro atoms. The van der Waals surface area contributed by atoms with Crippen LogP contribution in [0.25, 0.3) is 10.8 Å². The highest BCUT2D eigenvalue weighted by Gasteiger charge is 2.48. The molecule has 2 aliphatic carbocycles. The summed E-state index contributed by atoms with van der Waals surface area (Å²) in [5.74, 6) is 1.91. The van der Waals surface area contributed by atoms with Gasteiger partial charge in [0, 0.05) is 38.1 Å². The lowest BCUT2D eigenvalue weighted by Gasteiger charge is -2.27. The van der Waals surface area contributed by atoms with E-state index in [1.165, 1.54) is 5.56 Å². The highest BCUT2D eigenvalue weighted by atomic mass is 35.5. The number of benzene rings is 2. The van der Waals surface area contributed by atoms with Gasteiger partial charge < -0.3 is 18.9 Å². The Morgan fingerprint density at radius 3 is 1.77 bits per heavy atom. The SMILES string of the molecule is C=C(C)C(=O)OC(CC)COc1c2c(c(OCC(CC)OC(=O)C(=C)C)c3cc(Cl)ccc13)C1CCC2C1C. The lowest BCUT2D eigenvalue weighted by Crippen LogP contribution is -2.26. The van der Waals surface area contributed by atoms with Crippen LogP contribution in [0.2, 0.25) is 5.02 Å². The predicted molar refractivity (Wildman–Crippen MR) is 154 cm³/mol. The van der Waals surface area contributed by atoms with Crippen LogP contribution in [0, 0.1) is 5.92 Å². The second-order valence-corrected chi connectivity index (χ2v) is 11.3. The first-order valence-electron chi connectivity index (χ1n) is 13.8. The number of halogens is 1. The Morgan fingerprint density at radius 1 is 0.872 bits per heavy atom. The summed E-state index contributed by atoms with van der Waals surface area (Å²) in [4.78, 5) is 24.3. The van der Waals surface area contributed by atoms with Gasteiger partial charge in [0.15, 0.2) is 0 Å². The molecule has 39 heavy (non-hydrogen) atoms. The van der Waals surface area contributed by atoms with E-state index in [2.05, 4.69) is 20.1 Å². The maximum Gasteiger partial charge on any atom is 0.333 e. The molecular weight excluding hydrogens is 516 g/mol. The number of ether oxygens (including phenoxy) is 4. The van der Waals surface area contributed by atoms with Crippen LogP contribution in [0.3, 0.4) is 0 Å². The van der Waals surface area contributed by atoms with Crippen LogP contribution in [0.1, 0.15) is 83.3 Å². The third-order valence-corrected chi connectivity index (χ3v) is 8.27. The zero-order valence-electron chi connectivity index (χ0n) is 23.6. The van der Waals surface area contributed by atoms with E-state index in [1.54, 1.807) is 13.8 Å². The molecule has 2 aromatic carbocycles. The van der Waals surface area contributed by atoms with Gasteiger partial charge in [0.05, 0.1) is 0 Å². The van der Waals surface area contributed by atoms with Crippen molar-refractivity contribution in [3.63, 3.8) is 0 Å². The summed E-state index contributed by atoms with van der Waals surface area (Å²) in [7, 11) is 0. The molecule has 1 fully saturated rings. The van der Waals surface area contributed by atoms with Crippen LogP contribution >= 0.6 is 11.6 Å². The first kappa shape index (κ1) is 29.0. The van der Waals surface area contributed by atoms with Crippen molar-refractivity contribution in [1.29, 1.82) is 0 Å². The molecule has 2 aromatic rings. The highest BCUT2D eigenvalue weighted by molar-refractivity contribution is 6.31. The molecule has 2 aliphatic rings. The normalized spacial score (nSPS) is 20.7. The summed E-state index contributed by atoms with van der Waals surface area (Å²) >= 11 is 6.49. The second-order valence-electron chi connectivity index (χ2n) is 10.9. The first-order valence-corrected chi connectivity index (χ1v) is 14.2. The molecule has 0 amide bonds. The fraction of sp³-hybridized carbons (Fsp3) is 0.500. The summed E-state index contributed by atoms with van der Waals surface area (Å²) < 4.78 is 24.3. The third-order valence-electron chi connectivity index (χ3n) is 8.03. The van der Waals surface area contributed by atoms with E-state index in [0.29, 0.717) is 46.8 Å². The van der Waals surface area contributed by atoms with Crippen molar-refractivity contribution in [2.75, 3.05) is 13.2 Å². The summed E-state index contributed by atoms with van der Waals surface area (Å²) in [6.45, 7) is 17.3. The van der Waals surface area contributed by atoms with Gasteiger partial charge in [0.1, 0.15) is 36.9 Å². The largest absolute Gasteiger partial charge is 0.489 e. The quantitative estimate of drug-likeness (QED) is 0.198. The zero-order chi connectivity index (χ0) is 28.4. The number of carbonyl (C=O) groups is 2. The Balaban J connectivity index is 1.74. The molecule has 0 aliphatic heterocycles. The Kier molecular flexibility index (Phi) is 8.95. The molecule has 210 valence electrons. The second kappa shape index (κ2) is 12.0. The van der Waals surface area contributed by atoms with Gasteiger partial charge in [-0.25, -0.2) is 9.59 Å². The van der Waals surface area contributed by atoms with E-state index in [-0.39, 0.29) is 13.2 Å². The molecule has 6 nitrogen and oxygen atoms in total. The average molecular weight is 555 g/mol. The Bertz CT molecular complexity index is 1300. The molecule has 4 rings (SSSR count). The summed E-state index contributed by atoms with van der Waals surface area (Å²) in [6.07, 6.45) is 2.60. The minimum Gasteiger partial charge on any atom is -0.489 e. The van der Waals surface area contributed by atoms with E-state index >= 15 is 0 Å². The molecule has 0 heterocycles. The van der Waals surface area contributed by atoms with Gasteiger partial charge >= 0.3 is 11.9 Å². The van der Waals surface area contributed by atoms with Crippen molar-refractivity contribution >= 4 is 34.3 Å². The van der Waals surface area contributed by atoms with E-state index in [9.17, 15) is 9.59 Å². The number of hydrogen-bond acceptors (Lipinski definition) is 6. The topological polar surface area (TPSA) is 71.1 Å². The summed E-state index contributed by atoms with van der Waals surface area (Å²) in [5.41, 5.74) is 3.06. The van der Waals surface area contributed by atoms with E-state index in [4.69, 9.17) is 30.5 Å². The van der Waals surface area contributed by atoms with Crippen LogP contribution in [0.4, 0.5) is 0 Å². The maximum absolute atomic E-state index is 12.2. The molecule has 0 radical (unpaired) electrons. The van der Waals surface area contributed by atoms with Crippen LogP contribution in [0.5, 0.6) is 11.5 Å². The molecule has 7 heteroatoms. The third kappa shape index (κ3) is 5.81. The minimum atomic E-state index is -0.419. The molecule has 5 atom stereocenters. The molecular formula is C32H39ClO6. The molecule has 0 saturated heterocycles. The Labute approximate surface area is 236 Å². The van der Waals surface area contributed by atoms with Gasteiger partial charge in [0.2, 0.25) is 0 Å². The highest BCUT2D eigenvalue weighted by Crippen LogP contribution is 2.64. The smallest absolute Gasteiger partial charge is 0.333 e. The lowest BCUT2D eigenvalue weighted by molar-refractivity contribution is -0.146. The van der Waals surface area contributed by atoms with Crippen LogP contribution in [0.15, 0.2) is 42.5 Å². The monoisotopic (exact) mass is 554 g/mol. The minimum absolute atomic E-state index is 0.226. The maximum atomic E-state index is 12.2. The van der Waals surface area contributed by atoms with Gasteiger partial charge in [-0.15, -0.1) is 0 Å². The standard InChI is InChI=1S/C32H39ClO6/c1-8-21(38-31(34)17(3)4)15-36-29-25-11-10-20(33)14-26(25)30(28-24-13-12-23(19(24)7)27(28)29)37-16-22(9-2)39-32(35)18(5)6/h10-11,14,19,21-24H,3,5,8-9,12-13,15-16H2,1-2,4,6-7H3. The van der Waals surface area contributed by atoms with Crippen LogP contribution < -0.4 is 9.47 Å². The van der Waals surface area contributed by atoms with Crippen molar-refractivity contribution in [2.45, 2.75) is 84.3 Å². The molecule has 2 bridgehead atoms. The number of hydrogen-bond donors (Lipinski definition) is 0. The molecule has 0 aromatic heterocycles. The fourth-order valence-electron chi connectivity index (χ4n) is 5.79. The Morgan fingerprint density at radius 2 is 1.33 bits per heavy atom. The van der Waals surface area contributed by atoms with Gasteiger partial charge in [-0.2, -0.15) is 0 Å². The number of esters is 2.